The number of carbonyl (C=O) groups excluding carboxylic acids is 1. The Morgan fingerprint density at radius 2 is 2.06 bits per heavy atom. The molecular formula is C13H16ClNO3. The number of nitrogens with one attached hydrogen (secondary N) is 1. The molecule has 0 saturated heterocycles. The van der Waals surface area contributed by atoms with Gasteiger partial charge < -0.3 is 10.4 Å². The predicted molar refractivity (Wildman–Crippen MR) is 71.3 cm³/mol. The van der Waals surface area contributed by atoms with Gasteiger partial charge in [-0.15, -0.1) is 11.6 Å². The maximum absolute atomic E-state index is 11.6. The van der Waals surface area contributed by atoms with Crippen molar-refractivity contribution in [3.8, 4) is 0 Å². The molecule has 0 fully saturated rings. The number of benzene rings is 1. The third-order valence-corrected chi connectivity index (χ3v) is 2.81. The fourth-order valence-corrected chi connectivity index (χ4v) is 1.67. The van der Waals surface area contributed by atoms with Crippen LogP contribution >= 0.6 is 11.6 Å². The van der Waals surface area contributed by atoms with E-state index < -0.39 is 5.97 Å². The molecule has 0 radical (unpaired) electrons. The molecule has 1 aromatic rings. The summed E-state index contributed by atoms with van der Waals surface area (Å²) < 4.78 is 0. The summed E-state index contributed by atoms with van der Waals surface area (Å²) in [6.45, 7) is 1.82. The number of alkyl halides is 1. The average Bonchev–Trinajstić information content (AvgIpc) is 2.32. The van der Waals surface area contributed by atoms with E-state index in [0.717, 1.165) is 18.4 Å². The van der Waals surface area contributed by atoms with Crippen molar-refractivity contribution in [1.29, 1.82) is 0 Å². The van der Waals surface area contributed by atoms with Crippen LogP contribution in [-0.4, -0.2) is 22.9 Å². The van der Waals surface area contributed by atoms with Gasteiger partial charge in [0.05, 0.1) is 5.56 Å². The highest BCUT2D eigenvalue weighted by molar-refractivity contribution is 6.17. The molecule has 1 rings (SSSR count). The maximum Gasteiger partial charge on any atom is 0.335 e. The van der Waals surface area contributed by atoms with Crippen molar-refractivity contribution in [3.63, 3.8) is 0 Å². The van der Waals surface area contributed by atoms with E-state index in [1.54, 1.807) is 6.07 Å². The zero-order chi connectivity index (χ0) is 13.5. The van der Waals surface area contributed by atoms with Gasteiger partial charge in [0.1, 0.15) is 0 Å². The molecule has 0 spiro atoms. The highest BCUT2D eigenvalue weighted by Crippen LogP contribution is 2.17. The van der Waals surface area contributed by atoms with Crippen LogP contribution in [0.5, 0.6) is 0 Å². The molecule has 0 unspecified atom stereocenters. The van der Waals surface area contributed by atoms with Crippen LogP contribution in [0.4, 0.5) is 5.69 Å². The SMILES string of the molecule is Cc1ccc(C(=O)O)cc1NC(=O)CCCCCl. The molecule has 0 bridgehead atoms. The maximum atomic E-state index is 11.6. The van der Waals surface area contributed by atoms with Gasteiger partial charge in [-0.05, 0) is 37.5 Å². The number of unbranched alkanes of at least 4 members (excludes halogenated alkanes) is 1. The van der Waals surface area contributed by atoms with E-state index in [1.165, 1.54) is 12.1 Å². The van der Waals surface area contributed by atoms with Crippen LogP contribution in [0.3, 0.4) is 0 Å². The third kappa shape index (κ3) is 4.37. The minimum absolute atomic E-state index is 0.120. The minimum Gasteiger partial charge on any atom is -0.478 e. The zero-order valence-corrected chi connectivity index (χ0v) is 11.0. The molecule has 1 aromatic carbocycles. The molecule has 0 atom stereocenters. The Morgan fingerprint density at radius 3 is 2.67 bits per heavy atom. The van der Waals surface area contributed by atoms with Gasteiger partial charge in [0.15, 0.2) is 0 Å². The summed E-state index contributed by atoms with van der Waals surface area (Å²) in [6.07, 6.45) is 1.92. The number of amides is 1. The number of aromatic carboxylic acids is 1. The Hall–Kier alpha value is -1.55. The first-order valence-electron chi connectivity index (χ1n) is 5.74. The lowest BCUT2D eigenvalue weighted by atomic mass is 10.1. The topological polar surface area (TPSA) is 66.4 Å². The molecule has 0 aliphatic heterocycles. The quantitative estimate of drug-likeness (QED) is 0.616. The standard InChI is InChI=1S/C13H16ClNO3/c1-9-5-6-10(13(17)18)8-11(9)15-12(16)4-2-3-7-14/h5-6,8H,2-4,7H2,1H3,(H,15,16)(H,17,18). The lowest BCUT2D eigenvalue weighted by molar-refractivity contribution is -0.116. The summed E-state index contributed by atoms with van der Waals surface area (Å²) in [4.78, 5) is 22.5. The summed E-state index contributed by atoms with van der Waals surface area (Å²) in [5, 5.41) is 11.6. The van der Waals surface area contributed by atoms with Crippen molar-refractivity contribution in [2.45, 2.75) is 26.2 Å². The summed E-state index contributed by atoms with van der Waals surface area (Å²) in [7, 11) is 0. The summed E-state index contributed by atoms with van der Waals surface area (Å²) in [5.41, 5.74) is 1.55. The number of rotatable bonds is 6. The molecule has 18 heavy (non-hydrogen) atoms. The minimum atomic E-state index is -1.01. The van der Waals surface area contributed by atoms with E-state index in [1.807, 2.05) is 6.92 Å². The van der Waals surface area contributed by atoms with Gasteiger partial charge in [-0.3, -0.25) is 4.79 Å². The lowest BCUT2D eigenvalue weighted by Gasteiger charge is -2.09. The third-order valence-electron chi connectivity index (χ3n) is 2.55. The van der Waals surface area contributed by atoms with Gasteiger partial charge in [-0.2, -0.15) is 0 Å². The number of anilines is 1. The predicted octanol–water partition coefficient (Wildman–Crippen LogP) is 3.04. The molecule has 0 aliphatic rings. The van der Waals surface area contributed by atoms with Gasteiger partial charge >= 0.3 is 5.97 Å². The molecular weight excluding hydrogens is 254 g/mol. The molecule has 2 N–H and O–H groups in total. The van der Waals surface area contributed by atoms with Crippen LogP contribution in [0, 0.1) is 6.92 Å². The van der Waals surface area contributed by atoms with Gasteiger partial charge in [-0.25, -0.2) is 4.79 Å². The van der Waals surface area contributed by atoms with Crippen LogP contribution in [0.15, 0.2) is 18.2 Å². The second-order valence-electron chi connectivity index (χ2n) is 4.03. The molecule has 0 aromatic heterocycles. The largest absolute Gasteiger partial charge is 0.478 e. The molecule has 98 valence electrons. The van der Waals surface area contributed by atoms with Gasteiger partial charge in [0.2, 0.25) is 5.91 Å². The number of carbonyl (C=O) groups is 2. The first-order chi connectivity index (χ1) is 8.54. The Balaban J connectivity index is 2.68. The normalized spacial score (nSPS) is 10.1. The van der Waals surface area contributed by atoms with E-state index in [9.17, 15) is 9.59 Å². The number of hydrogen-bond donors (Lipinski definition) is 2. The molecule has 1 amide bonds. The highest BCUT2D eigenvalue weighted by Gasteiger charge is 2.08. The number of halogens is 1. The van der Waals surface area contributed by atoms with Crippen LogP contribution < -0.4 is 5.32 Å². The second kappa shape index (κ2) is 7.01. The van der Waals surface area contributed by atoms with Gasteiger partial charge in [-0.1, -0.05) is 6.07 Å². The number of aryl methyl sites for hydroxylation is 1. The van der Waals surface area contributed by atoms with Crippen molar-refractivity contribution in [1.82, 2.24) is 0 Å². The van der Waals surface area contributed by atoms with Crippen molar-refractivity contribution >= 4 is 29.2 Å². The second-order valence-corrected chi connectivity index (χ2v) is 4.41. The smallest absolute Gasteiger partial charge is 0.335 e. The summed E-state index contributed by atoms with van der Waals surface area (Å²) in [5.74, 6) is -0.584. The fourth-order valence-electron chi connectivity index (χ4n) is 1.48. The Morgan fingerprint density at radius 1 is 1.33 bits per heavy atom. The summed E-state index contributed by atoms with van der Waals surface area (Å²) >= 11 is 5.53. The molecule has 4 nitrogen and oxygen atoms in total. The van der Waals surface area contributed by atoms with Crippen molar-refractivity contribution in [3.05, 3.63) is 29.3 Å². The number of hydrogen-bond acceptors (Lipinski definition) is 2. The van der Waals surface area contributed by atoms with E-state index in [4.69, 9.17) is 16.7 Å². The first-order valence-corrected chi connectivity index (χ1v) is 6.28. The van der Waals surface area contributed by atoms with Gasteiger partial charge in [0, 0.05) is 18.0 Å². The van der Waals surface area contributed by atoms with E-state index in [-0.39, 0.29) is 11.5 Å². The average molecular weight is 270 g/mol. The van der Waals surface area contributed by atoms with Crippen LogP contribution in [0.1, 0.15) is 35.2 Å². The number of carboxylic acid groups (broad SMARTS) is 1. The monoisotopic (exact) mass is 269 g/mol. The van der Waals surface area contributed by atoms with Crippen LogP contribution in [-0.2, 0) is 4.79 Å². The zero-order valence-electron chi connectivity index (χ0n) is 10.2. The van der Waals surface area contributed by atoms with E-state index in [0.29, 0.717) is 18.0 Å². The van der Waals surface area contributed by atoms with Crippen LogP contribution in [0.2, 0.25) is 0 Å². The first kappa shape index (κ1) is 14.5. The Kier molecular flexibility index (Phi) is 5.65. The molecule has 0 heterocycles. The van der Waals surface area contributed by atoms with Gasteiger partial charge in [0.25, 0.3) is 0 Å². The lowest BCUT2D eigenvalue weighted by Crippen LogP contribution is -2.13. The Labute approximate surface area is 111 Å². The van der Waals surface area contributed by atoms with Crippen molar-refractivity contribution in [2.24, 2.45) is 0 Å². The molecule has 0 aliphatic carbocycles. The highest BCUT2D eigenvalue weighted by atomic mass is 35.5. The molecule has 0 saturated carbocycles. The van der Waals surface area contributed by atoms with Crippen molar-refractivity contribution in [2.75, 3.05) is 11.2 Å². The summed E-state index contributed by atoms with van der Waals surface area (Å²) in [6, 6.07) is 4.66. The van der Waals surface area contributed by atoms with E-state index >= 15 is 0 Å². The van der Waals surface area contributed by atoms with Crippen LogP contribution in [0.25, 0.3) is 0 Å². The fraction of sp³-hybridized carbons (Fsp3) is 0.385. The Bertz CT molecular complexity index is 446. The van der Waals surface area contributed by atoms with E-state index in [2.05, 4.69) is 5.32 Å². The number of carboxylic acids is 1. The van der Waals surface area contributed by atoms with Crippen molar-refractivity contribution < 1.29 is 14.7 Å². The molecule has 5 heteroatoms.